The van der Waals surface area contributed by atoms with E-state index in [4.69, 9.17) is 18.9 Å². The number of phenolic OH excluding ortho intramolecular Hbond substituents is 10. The number of fused-ring (bicyclic) bond motifs is 4. The summed E-state index contributed by atoms with van der Waals surface area (Å²) in [6.07, 6.45) is -10.7. The van der Waals surface area contributed by atoms with Crippen molar-refractivity contribution >= 4 is 23.7 Å². The number of carbonyl (C=O) groups is 4. The van der Waals surface area contributed by atoms with E-state index in [1.165, 1.54) is 18.2 Å². The van der Waals surface area contributed by atoms with Crippen molar-refractivity contribution in [2.45, 2.75) is 43.5 Å². The Kier molecular flexibility index (Phi) is 10.0. The summed E-state index contributed by atoms with van der Waals surface area (Å²) < 4.78 is 21.3. The Hall–Kier alpha value is -7.16. The highest BCUT2D eigenvalue weighted by Gasteiger charge is 2.50. The van der Waals surface area contributed by atoms with Crippen molar-refractivity contribution in [1.82, 2.24) is 0 Å². The molecule has 0 aromatic heterocycles. The minimum atomic E-state index is -2.24. The van der Waals surface area contributed by atoms with Gasteiger partial charge in [-0.1, -0.05) is 6.07 Å². The van der Waals surface area contributed by atoms with Crippen LogP contribution in [0.2, 0.25) is 0 Å². The first kappa shape index (κ1) is 38.6. The molecule has 2 aliphatic rings. The van der Waals surface area contributed by atoms with Gasteiger partial charge in [-0.25, -0.2) is 14.4 Å². The third kappa shape index (κ3) is 6.85. The van der Waals surface area contributed by atoms with Crippen molar-refractivity contribution in [3.8, 4) is 68.6 Å². The fourth-order valence-corrected chi connectivity index (χ4v) is 6.12. The third-order valence-corrected chi connectivity index (χ3v) is 8.98. The SMILES string of the molecule is O=C(OC1OC2COC(=O)c3cc(O)c(O)c(O)c3-c3c(cc(O)c(O)c3O)C(=O)OC2C(O)C1O)c1cc(O)c(C(=O)CCc2ccc(O)c(O)c2)c(O)c1. The number of cyclic esters (lactones) is 1. The predicted molar refractivity (Wildman–Crippen MR) is 180 cm³/mol. The van der Waals surface area contributed by atoms with E-state index in [1.54, 1.807) is 0 Å². The molecule has 6 rings (SSSR count). The van der Waals surface area contributed by atoms with Gasteiger partial charge in [0.15, 0.2) is 46.4 Å². The molecule has 0 spiro atoms. The maximum Gasteiger partial charge on any atom is 0.340 e. The molecule has 0 saturated carbocycles. The topological polar surface area (TPSA) is 348 Å². The minimum Gasteiger partial charge on any atom is -0.507 e. The third-order valence-electron chi connectivity index (χ3n) is 8.98. The Morgan fingerprint density at radius 3 is 1.80 bits per heavy atom. The van der Waals surface area contributed by atoms with Crippen molar-refractivity contribution < 1.29 is 99.4 Å². The van der Waals surface area contributed by atoms with Crippen LogP contribution in [-0.2, 0) is 25.4 Å². The van der Waals surface area contributed by atoms with Crippen LogP contribution in [0, 0.1) is 0 Å². The van der Waals surface area contributed by atoms with Gasteiger partial charge in [-0.3, -0.25) is 4.79 Å². The molecule has 4 aromatic rings. The number of benzene rings is 4. The first-order valence-electron chi connectivity index (χ1n) is 16.2. The number of hydrogen-bond donors (Lipinski definition) is 12. The molecule has 0 radical (unpaired) electrons. The van der Waals surface area contributed by atoms with Crippen LogP contribution in [0.25, 0.3) is 11.1 Å². The average Bonchev–Trinajstić information content (AvgIpc) is 3.16. The lowest BCUT2D eigenvalue weighted by Crippen LogP contribution is -2.61. The summed E-state index contributed by atoms with van der Waals surface area (Å²) in [7, 11) is 0. The number of aliphatic hydroxyl groups excluding tert-OH is 2. The number of aliphatic hydroxyl groups is 2. The molecule has 294 valence electrons. The van der Waals surface area contributed by atoms with E-state index in [2.05, 4.69) is 0 Å². The van der Waals surface area contributed by atoms with E-state index in [0.29, 0.717) is 17.7 Å². The quantitative estimate of drug-likeness (QED) is 0.0566. The maximum atomic E-state index is 13.6. The summed E-state index contributed by atoms with van der Waals surface area (Å²) in [6, 6.07) is 6.43. The smallest absolute Gasteiger partial charge is 0.340 e. The van der Waals surface area contributed by atoms with Crippen LogP contribution in [0.15, 0.2) is 42.5 Å². The van der Waals surface area contributed by atoms with E-state index in [-0.39, 0.29) is 18.6 Å². The van der Waals surface area contributed by atoms with Gasteiger partial charge in [0.2, 0.25) is 17.8 Å². The van der Waals surface area contributed by atoms with Gasteiger partial charge in [0.25, 0.3) is 0 Å². The normalized spacial score (nSPS) is 20.6. The molecule has 1 saturated heterocycles. The summed E-state index contributed by atoms with van der Waals surface area (Å²) in [6.45, 7) is -0.989. The second kappa shape index (κ2) is 14.6. The summed E-state index contributed by atoms with van der Waals surface area (Å²) in [5.74, 6) is -15.0. The van der Waals surface area contributed by atoms with Gasteiger partial charge in [0.1, 0.15) is 42.0 Å². The van der Waals surface area contributed by atoms with Crippen molar-refractivity contribution in [2.75, 3.05) is 6.61 Å². The Morgan fingerprint density at radius 1 is 0.661 bits per heavy atom. The van der Waals surface area contributed by atoms with Gasteiger partial charge in [-0.05, 0) is 48.4 Å². The molecule has 2 heterocycles. The Balaban J connectivity index is 1.26. The summed E-state index contributed by atoms with van der Waals surface area (Å²) >= 11 is 0. The van der Waals surface area contributed by atoms with E-state index < -0.39 is 146 Å². The lowest BCUT2D eigenvalue weighted by molar-refractivity contribution is -0.284. The van der Waals surface area contributed by atoms with Crippen LogP contribution in [-0.4, -0.2) is 122 Å². The number of ketones is 1. The standard InChI is InChI=1S/C36H30O20/c37-15-3-1-11(5-17(15)39)2-4-16(38)25-18(40)6-12(7-19(25)41)33(50)56-36-31(49)30(48)32-22(54-36)10-53-34(51)13-8-20(42)26(44)28(46)23(13)24-14(35(52)55-32)9-21(43)27(45)29(24)47/h1,3,5-9,22,30-32,36-37,39-49H,2,4,10H2. The van der Waals surface area contributed by atoms with Gasteiger partial charge in [0.05, 0.1) is 16.7 Å². The lowest BCUT2D eigenvalue weighted by atomic mass is 9.92. The van der Waals surface area contributed by atoms with E-state index in [9.17, 15) is 80.5 Å². The van der Waals surface area contributed by atoms with Gasteiger partial charge < -0.3 is 80.2 Å². The molecule has 1 fully saturated rings. The van der Waals surface area contributed by atoms with E-state index >= 15 is 0 Å². The van der Waals surface area contributed by atoms with Crippen molar-refractivity contribution in [2.24, 2.45) is 0 Å². The fraction of sp³-hybridized carbons (Fsp3) is 0.222. The zero-order chi connectivity index (χ0) is 40.9. The number of phenols is 10. The Morgan fingerprint density at radius 2 is 1.23 bits per heavy atom. The van der Waals surface area contributed by atoms with Crippen LogP contribution in [0.3, 0.4) is 0 Å². The number of aryl methyl sites for hydroxylation is 1. The number of ether oxygens (including phenoxy) is 4. The predicted octanol–water partition coefficient (Wildman–Crippen LogP) is 1.22. The molecule has 20 nitrogen and oxygen atoms in total. The molecule has 56 heavy (non-hydrogen) atoms. The fourth-order valence-electron chi connectivity index (χ4n) is 6.12. The number of rotatable bonds is 6. The second-order valence-corrected chi connectivity index (χ2v) is 12.6. The van der Waals surface area contributed by atoms with Crippen LogP contribution in [0.5, 0.6) is 57.5 Å². The molecule has 4 aromatic carbocycles. The lowest BCUT2D eigenvalue weighted by Gasteiger charge is -2.41. The molecule has 5 atom stereocenters. The van der Waals surface area contributed by atoms with Gasteiger partial charge in [0, 0.05) is 17.5 Å². The molecular weight excluding hydrogens is 752 g/mol. The highest BCUT2D eigenvalue weighted by molar-refractivity contribution is 6.08. The van der Waals surface area contributed by atoms with E-state index in [0.717, 1.165) is 12.1 Å². The molecule has 0 amide bonds. The summed E-state index contributed by atoms with van der Waals surface area (Å²) in [5, 5.41) is 125. The van der Waals surface area contributed by atoms with Crippen LogP contribution < -0.4 is 0 Å². The molecule has 0 aliphatic carbocycles. The minimum absolute atomic E-state index is 0.0173. The monoisotopic (exact) mass is 782 g/mol. The zero-order valence-corrected chi connectivity index (χ0v) is 28.2. The van der Waals surface area contributed by atoms with Crippen LogP contribution >= 0.6 is 0 Å². The molecule has 20 heteroatoms. The van der Waals surface area contributed by atoms with Crippen LogP contribution in [0.1, 0.15) is 53.4 Å². The van der Waals surface area contributed by atoms with Gasteiger partial charge in [-0.15, -0.1) is 0 Å². The van der Waals surface area contributed by atoms with Crippen molar-refractivity contribution in [1.29, 1.82) is 0 Å². The number of carbonyl (C=O) groups excluding carboxylic acids is 4. The number of esters is 3. The first-order valence-corrected chi connectivity index (χ1v) is 16.2. The summed E-state index contributed by atoms with van der Waals surface area (Å²) in [5.41, 5.74) is -4.26. The molecule has 12 N–H and O–H groups in total. The van der Waals surface area contributed by atoms with Crippen molar-refractivity contribution in [3.05, 3.63) is 70.3 Å². The zero-order valence-electron chi connectivity index (χ0n) is 28.2. The van der Waals surface area contributed by atoms with Crippen molar-refractivity contribution in [3.63, 3.8) is 0 Å². The molecule has 5 unspecified atom stereocenters. The molecule has 0 bridgehead atoms. The molecular formula is C36H30O20. The second-order valence-electron chi connectivity index (χ2n) is 12.6. The first-order chi connectivity index (χ1) is 26.4. The number of aromatic hydroxyl groups is 10. The maximum absolute atomic E-state index is 13.6. The summed E-state index contributed by atoms with van der Waals surface area (Å²) in [4.78, 5) is 52.9. The highest BCUT2D eigenvalue weighted by atomic mass is 16.7. The number of Topliss-reactive ketones (excluding diaryl/α,β-unsaturated/α-hetero) is 1. The van der Waals surface area contributed by atoms with Gasteiger partial charge >= 0.3 is 17.9 Å². The average molecular weight is 783 g/mol. The Labute approximate surface area is 312 Å². The highest BCUT2D eigenvalue weighted by Crippen LogP contribution is 2.53. The molecule has 2 aliphatic heterocycles. The Bertz CT molecular complexity index is 2280. The largest absolute Gasteiger partial charge is 0.507 e. The van der Waals surface area contributed by atoms with Gasteiger partial charge in [-0.2, -0.15) is 0 Å². The van der Waals surface area contributed by atoms with Crippen LogP contribution in [0.4, 0.5) is 0 Å². The number of hydrogen-bond acceptors (Lipinski definition) is 20. The van der Waals surface area contributed by atoms with E-state index in [1.807, 2.05) is 0 Å².